The molecule has 1 aliphatic heterocycles. The molecule has 1 saturated heterocycles. The van der Waals surface area contributed by atoms with Crippen LogP contribution in [0, 0.1) is 0 Å². The van der Waals surface area contributed by atoms with Crippen LogP contribution in [0.5, 0.6) is 0 Å². The average molecular weight is 131 g/mol. The average Bonchev–Trinajstić information content (AvgIpc) is 2.15. The van der Waals surface area contributed by atoms with Crippen LogP contribution < -0.4 is 10.7 Å². The lowest BCUT2D eigenvalue weighted by atomic mass is 10.6. The molecule has 1 atom stereocenters. The minimum absolute atomic E-state index is 0.153. The summed E-state index contributed by atoms with van der Waals surface area (Å²) in [5.41, 5.74) is 3.09. The third-order valence-electron chi connectivity index (χ3n) is 1.12. The zero-order valence-corrected chi connectivity index (χ0v) is 5.85. The molecule has 1 fully saturated rings. The van der Waals surface area contributed by atoms with Gasteiger partial charge in [0.2, 0.25) is 0 Å². The van der Waals surface area contributed by atoms with Gasteiger partial charge in [0.15, 0.2) is 0 Å². The Morgan fingerprint density at radius 3 is 2.89 bits per heavy atom. The Balaban J connectivity index is 2.11. The number of ether oxygens (including phenoxy) is 1. The number of hydrogen-bond donors (Lipinski definition) is 2. The number of hydrogen-bond acceptors (Lipinski definition) is 4. The number of nitrogens with zero attached hydrogens (tertiary/aromatic N) is 1. The molecule has 0 aromatic rings. The van der Waals surface area contributed by atoms with Crippen molar-refractivity contribution in [1.82, 2.24) is 15.8 Å². The van der Waals surface area contributed by atoms with Crippen molar-refractivity contribution in [3.63, 3.8) is 0 Å². The van der Waals surface area contributed by atoms with Crippen LogP contribution in [-0.4, -0.2) is 38.6 Å². The molecule has 1 rings (SSSR count). The number of nitrogens with one attached hydrogen (secondary N) is 2. The fourth-order valence-electron chi connectivity index (χ4n) is 0.779. The summed E-state index contributed by atoms with van der Waals surface area (Å²) in [6, 6.07) is 0. The normalized spacial score (nSPS) is 27.7. The van der Waals surface area contributed by atoms with E-state index in [1.165, 1.54) is 0 Å². The first-order valence-electron chi connectivity index (χ1n) is 3.05. The molecule has 0 radical (unpaired) electrons. The van der Waals surface area contributed by atoms with E-state index in [0.717, 1.165) is 6.54 Å². The molecule has 0 aliphatic carbocycles. The highest BCUT2D eigenvalue weighted by molar-refractivity contribution is 4.60. The molecule has 1 heterocycles. The smallest absolute Gasteiger partial charge is 0.134 e. The van der Waals surface area contributed by atoms with E-state index in [2.05, 4.69) is 10.7 Å². The highest BCUT2D eigenvalue weighted by Crippen LogP contribution is 1.91. The van der Waals surface area contributed by atoms with Gasteiger partial charge in [0, 0.05) is 20.6 Å². The summed E-state index contributed by atoms with van der Waals surface area (Å²) in [6.45, 7) is 1.55. The molecule has 0 bridgehead atoms. The van der Waals surface area contributed by atoms with Gasteiger partial charge < -0.3 is 4.74 Å². The summed E-state index contributed by atoms with van der Waals surface area (Å²) in [5.74, 6) is 0. The molecule has 9 heavy (non-hydrogen) atoms. The van der Waals surface area contributed by atoms with E-state index in [-0.39, 0.29) is 6.23 Å². The minimum atomic E-state index is 0.153. The van der Waals surface area contributed by atoms with Gasteiger partial charge in [-0.25, -0.2) is 10.4 Å². The predicted octanol–water partition coefficient (Wildman–Crippen LogP) is -1.04. The van der Waals surface area contributed by atoms with E-state index in [9.17, 15) is 0 Å². The maximum absolute atomic E-state index is 5.20. The van der Waals surface area contributed by atoms with Crippen molar-refractivity contribution in [1.29, 1.82) is 0 Å². The molecule has 4 nitrogen and oxygen atoms in total. The Hall–Kier alpha value is -0.160. The molecule has 2 N–H and O–H groups in total. The van der Waals surface area contributed by atoms with Crippen LogP contribution in [0.4, 0.5) is 0 Å². The van der Waals surface area contributed by atoms with Crippen molar-refractivity contribution in [3.05, 3.63) is 0 Å². The van der Waals surface area contributed by atoms with Gasteiger partial charge in [0.05, 0.1) is 6.73 Å². The Labute approximate surface area is 55.1 Å². The maximum Gasteiger partial charge on any atom is 0.134 e. The third-order valence-corrected chi connectivity index (χ3v) is 1.12. The first-order chi connectivity index (χ1) is 4.29. The second kappa shape index (κ2) is 3.12. The molecular formula is C5H13N3O. The molecule has 0 spiro atoms. The topological polar surface area (TPSA) is 36.5 Å². The van der Waals surface area contributed by atoms with Gasteiger partial charge in [-0.2, -0.15) is 0 Å². The SMILES string of the molecule is CN(C)NC1CNCO1. The fraction of sp³-hybridized carbons (Fsp3) is 1.00. The molecule has 54 valence electrons. The van der Waals surface area contributed by atoms with E-state index in [4.69, 9.17) is 4.74 Å². The first-order valence-corrected chi connectivity index (χ1v) is 3.05. The van der Waals surface area contributed by atoms with E-state index in [1.807, 2.05) is 19.1 Å². The van der Waals surface area contributed by atoms with Gasteiger partial charge in [0.25, 0.3) is 0 Å². The monoisotopic (exact) mass is 131 g/mol. The van der Waals surface area contributed by atoms with E-state index in [0.29, 0.717) is 6.73 Å². The fourth-order valence-corrected chi connectivity index (χ4v) is 0.779. The molecule has 0 saturated carbocycles. The van der Waals surface area contributed by atoms with Crippen LogP contribution in [0.15, 0.2) is 0 Å². The molecule has 0 aromatic carbocycles. The predicted molar refractivity (Wildman–Crippen MR) is 34.6 cm³/mol. The lowest BCUT2D eigenvalue weighted by Gasteiger charge is -2.16. The lowest BCUT2D eigenvalue weighted by Crippen LogP contribution is -2.41. The summed E-state index contributed by atoms with van der Waals surface area (Å²) in [7, 11) is 3.89. The van der Waals surface area contributed by atoms with Gasteiger partial charge in [0.1, 0.15) is 6.23 Å². The van der Waals surface area contributed by atoms with Crippen molar-refractivity contribution in [2.24, 2.45) is 0 Å². The van der Waals surface area contributed by atoms with Crippen molar-refractivity contribution in [3.8, 4) is 0 Å². The minimum Gasteiger partial charge on any atom is -0.346 e. The Kier molecular flexibility index (Phi) is 2.41. The highest BCUT2D eigenvalue weighted by Gasteiger charge is 2.13. The van der Waals surface area contributed by atoms with E-state index < -0.39 is 0 Å². The Morgan fingerprint density at radius 2 is 2.44 bits per heavy atom. The van der Waals surface area contributed by atoms with Crippen LogP contribution in [0.25, 0.3) is 0 Å². The van der Waals surface area contributed by atoms with E-state index in [1.54, 1.807) is 0 Å². The molecule has 0 aromatic heterocycles. The standard InChI is InChI=1S/C5H13N3O/c1-8(2)7-5-3-6-4-9-5/h5-7H,3-4H2,1-2H3. The van der Waals surface area contributed by atoms with Crippen LogP contribution in [0.2, 0.25) is 0 Å². The Bertz CT molecular complexity index is 80.3. The first kappa shape index (κ1) is 6.95. The van der Waals surface area contributed by atoms with Crippen molar-refractivity contribution in [2.45, 2.75) is 6.23 Å². The van der Waals surface area contributed by atoms with Crippen LogP contribution in [0.3, 0.4) is 0 Å². The van der Waals surface area contributed by atoms with Gasteiger partial charge in [-0.05, 0) is 0 Å². The molecule has 1 unspecified atom stereocenters. The van der Waals surface area contributed by atoms with Crippen LogP contribution in [0.1, 0.15) is 0 Å². The molecule has 1 aliphatic rings. The zero-order chi connectivity index (χ0) is 6.69. The van der Waals surface area contributed by atoms with Crippen molar-refractivity contribution in [2.75, 3.05) is 27.4 Å². The number of hydrazine groups is 1. The maximum atomic E-state index is 5.20. The van der Waals surface area contributed by atoms with Crippen LogP contribution in [-0.2, 0) is 4.74 Å². The molecular weight excluding hydrogens is 118 g/mol. The summed E-state index contributed by atoms with van der Waals surface area (Å²) in [4.78, 5) is 0. The lowest BCUT2D eigenvalue weighted by molar-refractivity contribution is 0.0370. The zero-order valence-electron chi connectivity index (χ0n) is 5.85. The summed E-state index contributed by atoms with van der Waals surface area (Å²) < 4.78 is 5.20. The second-order valence-electron chi connectivity index (χ2n) is 2.28. The van der Waals surface area contributed by atoms with Gasteiger partial charge in [-0.3, -0.25) is 5.32 Å². The summed E-state index contributed by atoms with van der Waals surface area (Å²) >= 11 is 0. The summed E-state index contributed by atoms with van der Waals surface area (Å²) in [6.07, 6.45) is 0.153. The second-order valence-corrected chi connectivity index (χ2v) is 2.28. The third kappa shape index (κ3) is 2.28. The van der Waals surface area contributed by atoms with Crippen LogP contribution >= 0.6 is 0 Å². The number of rotatable bonds is 2. The quantitative estimate of drug-likeness (QED) is 0.469. The van der Waals surface area contributed by atoms with E-state index >= 15 is 0 Å². The van der Waals surface area contributed by atoms with Gasteiger partial charge >= 0.3 is 0 Å². The van der Waals surface area contributed by atoms with Gasteiger partial charge in [-0.15, -0.1) is 0 Å². The van der Waals surface area contributed by atoms with Crippen molar-refractivity contribution < 1.29 is 4.74 Å². The molecule has 0 amide bonds. The molecule has 4 heteroatoms. The highest BCUT2D eigenvalue weighted by atomic mass is 16.5. The largest absolute Gasteiger partial charge is 0.346 e. The van der Waals surface area contributed by atoms with Gasteiger partial charge in [-0.1, -0.05) is 0 Å². The summed E-state index contributed by atoms with van der Waals surface area (Å²) in [5, 5.41) is 4.95. The Morgan fingerprint density at radius 1 is 1.67 bits per heavy atom. The van der Waals surface area contributed by atoms with Crippen molar-refractivity contribution >= 4 is 0 Å².